The quantitative estimate of drug-likeness (QED) is 0.785. The molecule has 1 aromatic rings. The molecule has 1 aliphatic rings. The summed E-state index contributed by atoms with van der Waals surface area (Å²) in [6.07, 6.45) is -0.729. The summed E-state index contributed by atoms with van der Waals surface area (Å²) in [5.74, 6) is -2.61. The number of rotatable bonds is 1. The van der Waals surface area contributed by atoms with Gasteiger partial charge in [-0.3, -0.25) is 0 Å². The van der Waals surface area contributed by atoms with Crippen molar-refractivity contribution in [2.45, 2.75) is 18.8 Å². The van der Waals surface area contributed by atoms with Crippen LogP contribution in [0.4, 0.5) is 13.6 Å². The Hall–Kier alpha value is -2.16. The van der Waals surface area contributed by atoms with Gasteiger partial charge in [0.15, 0.2) is 0 Å². The molecule has 6 heteroatoms. The van der Waals surface area contributed by atoms with Crippen molar-refractivity contribution in [3.63, 3.8) is 0 Å². The maximum Gasteiger partial charge on any atom is 0.415 e. The predicted octanol–water partition coefficient (Wildman–Crippen LogP) is 2.79. The van der Waals surface area contributed by atoms with Gasteiger partial charge in [0.1, 0.15) is 5.75 Å². The van der Waals surface area contributed by atoms with Crippen LogP contribution >= 0.6 is 0 Å². The highest BCUT2D eigenvalue weighted by Crippen LogP contribution is 2.27. The van der Waals surface area contributed by atoms with Gasteiger partial charge in [-0.25, -0.2) is 13.6 Å². The zero-order chi connectivity index (χ0) is 13.9. The largest absolute Gasteiger partial charge is 0.415 e. The summed E-state index contributed by atoms with van der Waals surface area (Å²) in [6.45, 7) is -0.340. The Labute approximate surface area is 109 Å². The van der Waals surface area contributed by atoms with Crippen molar-refractivity contribution in [2.24, 2.45) is 0 Å². The van der Waals surface area contributed by atoms with Crippen LogP contribution in [-0.2, 0) is 0 Å². The Morgan fingerprint density at radius 3 is 2.63 bits per heavy atom. The summed E-state index contributed by atoms with van der Waals surface area (Å²) in [5.41, 5.74) is 0.435. The van der Waals surface area contributed by atoms with E-state index in [-0.39, 0.29) is 25.1 Å². The zero-order valence-electron chi connectivity index (χ0n) is 10.1. The highest BCUT2D eigenvalue weighted by Gasteiger charge is 2.37. The van der Waals surface area contributed by atoms with E-state index in [1.165, 1.54) is 24.3 Å². The molecule has 2 rings (SSSR count). The van der Waals surface area contributed by atoms with Gasteiger partial charge < -0.3 is 9.64 Å². The van der Waals surface area contributed by atoms with Gasteiger partial charge in [-0.2, -0.15) is 5.26 Å². The lowest BCUT2D eigenvalue weighted by molar-refractivity contribution is -0.0565. The summed E-state index contributed by atoms with van der Waals surface area (Å²) < 4.78 is 31.3. The van der Waals surface area contributed by atoms with Crippen LogP contribution in [0.2, 0.25) is 0 Å². The van der Waals surface area contributed by atoms with Gasteiger partial charge in [0.05, 0.1) is 18.2 Å². The Kier molecular flexibility index (Phi) is 3.65. The maximum absolute atomic E-state index is 13.2. The molecule has 1 aliphatic heterocycles. The second kappa shape index (κ2) is 5.22. The number of halogens is 2. The third-order valence-electron chi connectivity index (χ3n) is 2.84. The second-order valence-electron chi connectivity index (χ2n) is 4.39. The van der Waals surface area contributed by atoms with E-state index in [9.17, 15) is 13.6 Å². The monoisotopic (exact) mass is 266 g/mol. The Balaban J connectivity index is 1.98. The first-order valence-electron chi connectivity index (χ1n) is 5.85. The van der Waals surface area contributed by atoms with Gasteiger partial charge in [0.25, 0.3) is 5.92 Å². The molecular weight excluding hydrogens is 254 g/mol. The highest BCUT2D eigenvalue weighted by molar-refractivity contribution is 5.71. The van der Waals surface area contributed by atoms with Crippen LogP contribution in [0.25, 0.3) is 0 Å². The summed E-state index contributed by atoms with van der Waals surface area (Å²) in [4.78, 5) is 12.7. The number of likely N-dealkylation sites (tertiary alicyclic amines) is 1. The molecule has 1 saturated heterocycles. The fraction of sp³-hybridized carbons (Fsp3) is 0.385. The molecule has 0 N–H and O–H groups in total. The molecule has 4 nitrogen and oxygen atoms in total. The summed E-state index contributed by atoms with van der Waals surface area (Å²) in [6, 6.07) is 7.83. The molecule has 1 amide bonds. The minimum absolute atomic E-state index is 0.201. The van der Waals surface area contributed by atoms with Crippen molar-refractivity contribution in [1.29, 1.82) is 5.26 Å². The molecule has 0 radical (unpaired) electrons. The first kappa shape index (κ1) is 13.3. The van der Waals surface area contributed by atoms with Gasteiger partial charge in [0.2, 0.25) is 0 Å². The fourth-order valence-electron chi connectivity index (χ4n) is 1.88. The predicted molar refractivity (Wildman–Crippen MR) is 62.9 cm³/mol. The molecule has 0 atom stereocenters. The van der Waals surface area contributed by atoms with Crippen molar-refractivity contribution in [1.82, 2.24) is 4.90 Å². The Morgan fingerprint density at radius 1 is 1.37 bits per heavy atom. The van der Waals surface area contributed by atoms with Crippen LogP contribution in [0, 0.1) is 11.3 Å². The van der Waals surface area contributed by atoms with E-state index >= 15 is 0 Å². The highest BCUT2D eigenvalue weighted by atomic mass is 19.3. The van der Waals surface area contributed by atoms with Gasteiger partial charge in [0, 0.05) is 13.0 Å². The average molecular weight is 266 g/mol. The molecule has 0 saturated carbocycles. The topological polar surface area (TPSA) is 53.3 Å². The fourth-order valence-corrected chi connectivity index (χ4v) is 1.88. The molecule has 0 unspecified atom stereocenters. The van der Waals surface area contributed by atoms with Crippen molar-refractivity contribution >= 4 is 6.09 Å². The number of carbonyl (C=O) groups is 1. The van der Waals surface area contributed by atoms with Crippen LogP contribution in [0.15, 0.2) is 24.3 Å². The van der Waals surface area contributed by atoms with Crippen molar-refractivity contribution in [3.05, 3.63) is 29.8 Å². The number of piperidine rings is 1. The standard InChI is InChI=1S/C13H12F2N2O2/c14-13(15)6-1-7-17(9-13)12(18)19-11-4-2-10(8-16)3-5-11/h2-5H,1,6-7,9H2. The molecule has 0 aliphatic carbocycles. The molecule has 19 heavy (non-hydrogen) atoms. The van der Waals surface area contributed by atoms with E-state index in [2.05, 4.69) is 0 Å². The SMILES string of the molecule is N#Cc1ccc(OC(=O)N2CCCC(F)(F)C2)cc1. The van der Waals surface area contributed by atoms with Gasteiger partial charge in [-0.05, 0) is 30.7 Å². The van der Waals surface area contributed by atoms with Gasteiger partial charge in [-0.1, -0.05) is 0 Å². The molecule has 1 fully saturated rings. The minimum atomic E-state index is -2.85. The van der Waals surface area contributed by atoms with Crippen molar-refractivity contribution < 1.29 is 18.3 Å². The number of benzene rings is 1. The lowest BCUT2D eigenvalue weighted by Crippen LogP contribution is -2.46. The summed E-state index contributed by atoms with van der Waals surface area (Å²) in [7, 11) is 0. The van der Waals surface area contributed by atoms with E-state index in [0.29, 0.717) is 5.56 Å². The lowest BCUT2D eigenvalue weighted by atomic mass is 10.1. The molecule has 1 heterocycles. The van der Waals surface area contributed by atoms with Crippen molar-refractivity contribution in [3.8, 4) is 11.8 Å². The zero-order valence-corrected chi connectivity index (χ0v) is 10.1. The number of amides is 1. The van der Waals surface area contributed by atoms with E-state index in [1.807, 2.05) is 6.07 Å². The number of hydrogen-bond acceptors (Lipinski definition) is 3. The van der Waals surface area contributed by atoms with E-state index < -0.39 is 18.6 Å². The van der Waals surface area contributed by atoms with E-state index in [1.54, 1.807) is 0 Å². The number of alkyl halides is 2. The third-order valence-corrected chi connectivity index (χ3v) is 2.84. The Bertz CT molecular complexity index is 508. The smallest absolute Gasteiger partial charge is 0.410 e. The molecule has 0 aromatic heterocycles. The molecule has 1 aromatic carbocycles. The van der Waals surface area contributed by atoms with Crippen LogP contribution in [0.3, 0.4) is 0 Å². The minimum Gasteiger partial charge on any atom is -0.410 e. The van der Waals surface area contributed by atoms with Gasteiger partial charge >= 0.3 is 6.09 Å². The summed E-state index contributed by atoms with van der Waals surface area (Å²) >= 11 is 0. The number of hydrogen-bond donors (Lipinski definition) is 0. The summed E-state index contributed by atoms with van der Waals surface area (Å²) in [5, 5.41) is 8.62. The van der Waals surface area contributed by atoms with E-state index in [0.717, 1.165) is 4.90 Å². The molecule has 100 valence electrons. The molecular formula is C13H12F2N2O2. The van der Waals surface area contributed by atoms with Crippen LogP contribution < -0.4 is 4.74 Å². The lowest BCUT2D eigenvalue weighted by Gasteiger charge is -2.31. The number of nitrogens with zero attached hydrogens (tertiary/aromatic N) is 2. The number of ether oxygens (including phenoxy) is 1. The third kappa shape index (κ3) is 3.41. The molecule has 0 bridgehead atoms. The Morgan fingerprint density at radius 2 is 2.05 bits per heavy atom. The van der Waals surface area contributed by atoms with Crippen LogP contribution in [0.5, 0.6) is 5.75 Å². The van der Waals surface area contributed by atoms with Crippen LogP contribution in [0.1, 0.15) is 18.4 Å². The normalized spacial score (nSPS) is 17.6. The average Bonchev–Trinajstić information content (AvgIpc) is 2.38. The first-order chi connectivity index (χ1) is 9.00. The number of carbonyl (C=O) groups excluding carboxylic acids is 1. The molecule has 0 spiro atoms. The number of nitriles is 1. The maximum atomic E-state index is 13.2. The van der Waals surface area contributed by atoms with E-state index in [4.69, 9.17) is 10.00 Å². The van der Waals surface area contributed by atoms with Gasteiger partial charge in [-0.15, -0.1) is 0 Å². The second-order valence-corrected chi connectivity index (χ2v) is 4.39. The van der Waals surface area contributed by atoms with Crippen LogP contribution in [-0.4, -0.2) is 30.0 Å². The van der Waals surface area contributed by atoms with Crippen molar-refractivity contribution in [2.75, 3.05) is 13.1 Å². The first-order valence-corrected chi connectivity index (χ1v) is 5.85.